The van der Waals surface area contributed by atoms with Gasteiger partial charge in [0.1, 0.15) is 0 Å². The standard InChI is InChI=1S/C14H16BrNO2/c1-5-14(2,3)16-9-11-7-6-10(8-12(11)15)13(17)18-4/h1,6-8,16H,9H2,2-4H3. The lowest BCUT2D eigenvalue weighted by atomic mass is 10.1. The van der Waals surface area contributed by atoms with Gasteiger partial charge < -0.3 is 4.74 Å². The third kappa shape index (κ3) is 3.86. The van der Waals surface area contributed by atoms with E-state index >= 15 is 0 Å². The van der Waals surface area contributed by atoms with Gasteiger partial charge in [-0.1, -0.05) is 27.9 Å². The molecule has 0 heterocycles. The summed E-state index contributed by atoms with van der Waals surface area (Å²) >= 11 is 3.43. The highest BCUT2D eigenvalue weighted by molar-refractivity contribution is 9.10. The molecule has 0 bridgehead atoms. The monoisotopic (exact) mass is 309 g/mol. The Bertz CT molecular complexity index is 489. The molecule has 0 atom stereocenters. The van der Waals surface area contributed by atoms with Crippen LogP contribution in [0.5, 0.6) is 0 Å². The van der Waals surface area contributed by atoms with Gasteiger partial charge in [0.15, 0.2) is 0 Å². The summed E-state index contributed by atoms with van der Waals surface area (Å²) in [5, 5.41) is 3.25. The molecule has 0 spiro atoms. The number of rotatable bonds is 4. The Morgan fingerprint density at radius 2 is 2.22 bits per heavy atom. The van der Waals surface area contributed by atoms with Crippen molar-refractivity contribution in [3.8, 4) is 12.3 Å². The lowest BCUT2D eigenvalue weighted by Gasteiger charge is -2.20. The fourth-order valence-corrected chi connectivity index (χ4v) is 1.82. The molecule has 0 saturated carbocycles. The molecule has 4 heteroatoms. The van der Waals surface area contributed by atoms with Crippen molar-refractivity contribution in [2.45, 2.75) is 25.9 Å². The summed E-state index contributed by atoms with van der Waals surface area (Å²) < 4.78 is 5.51. The number of terminal acetylenes is 1. The van der Waals surface area contributed by atoms with Crippen molar-refractivity contribution in [2.75, 3.05) is 7.11 Å². The first kappa shape index (κ1) is 14.7. The first-order valence-corrected chi connectivity index (χ1v) is 6.28. The van der Waals surface area contributed by atoms with Crippen molar-refractivity contribution >= 4 is 21.9 Å². The summed E-state index contributed by atoms with van der Waals surface area (Å²) in [5.74, 6) is 2.32. The fraction of sp³-hybridized carbons (Fsp3) is 0.357. The minimum atomic E-state index is -0.361. The Balaban J connectivity index is 2.81. The smallest absolute Gasteiger partial charge is 0.337 e. The summed E-state index contributed by atoms with van der Waals surface area (Å²) in [6.45, 7) is 4.49. The van der Waals surface area contributed by atoms with Crippen LogP contribution in [0.3, 0.4) is 0 Å². The van der Waals surface area contributed by atoms with Crippen LogP contribution in [0.15, 0.2) is 22.7 Å². The molecule has 0 aliphatic rings. The molecule has 1 rings (SSSR count). The average Bonchev–Trinajstić information content (AvgIpc) is 2.36. The van der Waals surface area contributed by atoms with Gasteiger partial charge in [0.25, 0.3) is 0 Å². The van der Waals surface area contributed by atoms with E-state index < -0.39 is 0 Å². The number of benzene rings is 1. The van der Waals surface area contributed by atoms with Gasteiger partial charge in [-0.15, -0.1) is 6.42 Å². The molecule has 1 aromatic carbocycles. The van der Waals surface area contributed by atoms with Crippen LogP contribution in [0.1, 0.15) is 29.8 Å². The molecule has 0 aliphatic carbocycles. The summed E-state index contributed by atoms with van der Waals surface area (Å²) in [7, 11) is 1.36. The van der Waals surface area contributed by atoms with E-state index in [9.17, 15) is 4.79 Å². The highest BCUT2D eigenvalue weighted by Gasteiger charge is 2.14. The van der Waals surface area contributed by atoms with E-state index in [1.54, 1.807) is 12.1 Å². The van der Waals surface area contributed by atoms with E-state index in [1.165, 1.54) is 7.11 Å². The minimum Gasteiger partial charge on any atom is -0.465 e. The molecular formula is C14H16BrNO2. The average molecular weight is 310 g/mol. The zero-order valence-corrected chi connectivity index (χ0v) is 12.3. The van der Waals surface area contributed by atoms with E-state index in [2.05, 4.69) is 31.9 Å². The first-order valence-electron chi connectivity index (χ1n) is 5.49. The Morgan fingerprint density at radius 3 is 2.72 bits per heavy atom. The predicted octanol–water partition coefficient (Wildman–Crippen LogP) is 2.74. The van der Waals surface area contributed by atoms with Crippen LogP contribution in [0.4, 0.5) is 0 Å². The summed E-state index contributed by atoms with van der Waals surface area (Å²) in [6.07, 6.45) is 5.40. The number of hydrogen-bond donors (Lipinski definition) is 1. The molecule has 3 nitrogen and oxygen atoms in total. The topological polar surface area (TPSA) is 38.3 Å². The van der Waals surface area contributed by atoms with Crippen LogP contribution in [0, 0.1) is 12.3 Å². The highest BCUT2D eigenvalue weighted by Crippen LogP contribution is 2.19. The maximum atomic E-state index is 11.4. The number of carbonyl (C=O) groups excluding carboxylic acids is 1. The molecule has 1 N–H and O–H groups in total. The highest BCUT2D eigenvalue weighted by atomic mass is 79.9. The number of carbonyl (C=O) groups is 1. The second kappa shape index (κ2) is 6.03. The second-order valence-corrected chi connectivity index (χ2v) is 5.27. The van der Waals surface area contributed by atoms with Gasteiger partial charge in [-0.05, 0) is 31.5 Å². The Morgan fingerprint density at radius 1 is 1.56 bits per heavy atom. The Labute approximate surface area is 116 Å². The van der Waals surface area contributed by atoms with Gasteiger partial charge in [-0.25, -0.2) is 4.79 Å². The second-order valence-electron chi connectivity index (χ2n) is 4.42. The van der Waals surface area contributed by atoms with Gasteiger partial charge in [-0.2, -0.15) is 0 Å². The summed E-state index contributed by atoms with van der Waals surface area (Å²) in [6, 6.07) is 5.35. The zero-order chi connectivity index (χ0) is 13.8. The molecule has 0 aromatic heterocycles. The zero-order valence-electron chi connectivity index (χ0n) is 10.7. The van der Waals surface area contributed by atoms with Crippen molar-refractivity contribution in [3.63, 3.8) is 0 Å². The van der Waals surface area contributed by atoms with E-state index in [0.717, 1.165) is 10.0 Å². The van der Waals surface area contributed by atoms with Crippen LogP contribution < -0.4 is 5.32 Å². The van der Waals surface area contributed by atoms with E-state index in [4.69, 9.17) is 6.42 Å². The quantitative estimate of drug-likeness (QED) is 0.686. The van der Waals surface area contributed by atoms with Gasteiger partial charge in [-0.3, -0.25) is 5.32 Å². The SMILES string of the molecule is C#CC(C)(C)NCc1ccc(C(=O)OC)cc1Br. The third-order valence-electron chi connectivity index (χ3n) is 2.56. The van der Waals surface area contributed by atoms with Crippen molar-refractivity contribution in [3.05, 3.63) is 33.8 Å². The van der Waals surface area contributed by atoms with E-state index in [-0.39, 0.29) is 11.5 Å². The molecule has 0 amide bonds. The Hall–Kier alpha value is -1.31. The number of nitrogens with one attached hydrogen (secondary N) is 1. The van der Waals surface area contributed by atoms with Gasteiger partial charge in [0.05, 0.1) is 18.2 Å². The molecule has 0 unspecified atom stereocenters. The largest absolute Gasteiger partial charge is 0.465 e. The summed E-state index contributed by atoms with van der Waals surface area (Å²) in [4.78, 5) is 11.4. The van der Waals surface area contributed by atoms with Crippen molar-refractivity contribution in [1.29, 1.82) is 0 Å². The van der Waals surface area contributed by atoms with Crippen LogP contribution in [-0.2, 0) is 11.3 Å². The van der Waals surface area contributed by atoms with Crippen LogP contribution in [-0.4, -0.2) is 18.6 Å². The number of ether oxygens (including phenoxy) is 1. The van der Waals surface area contributed by atoms with Crippen molar-refractivity contribution < 1.29 is 9.53 Å². The summed E-state index contributed by atoms with van der Waals surface area (Å²) in [5.41, 5.74) is 1.19. The van der Waals surface area contributed by atoms with Gasteiger partial charge in [0.2, 0.25) is 0 Å². The normalized spacial score (nSPS) is 10.8. The van der Waals surface area contributed by atoms with Crippen LogP contribution in [0.2, 0.25) is 0 Å². The first-order chi connectivity index (χ1) is 8.39. The molecule has 0 aliphatic heterocycles. The van der Waals surface area contributed by atoms with E-state index in [1.807, 2.05) is 19.9 Å². The van der Waals surface area contributed by atoms with Gasteiger partial charge in [0, 0.05) is 11.0 Å². The molecule has 0 fully saturated rings. The molecule has 96 valence electrons. The maximum absolute atomic E-state index is 11.4. The lowest BCUT2D eigenvalue weighted by molar-refractivity contribution is 0.0600. The third-order valence-corrected chi connectivity index (χ3v) is 3.29. The van der Waals surface area contributed by atoms with E-state index in [0.29, 0.717) is 12.1 Å². The van der Waals surface area contributed by atoms with Crippen molar-refractivity contribution in [2.24, 2.45) is 0 Å². The van der Waals surface area contributed by atoms with Crippen LogP contribution >= 0.6 is 15.9 Å². The molecule has 0 saturated heterocycles. The maximum Gasteiger partial charge on any atom is 0.337 e. The molecule has 18 heavy (non-hydrogen) atoms. The predicted molar refractivity (Wildman–Crippen MR) is 75.2 cm³/mol. The van der Waals surface area contributed by atoms with Crippen molar-refractivity contribution in [1.82, 2.24) is 5.32 Å². The van der Waals surface area contributed by atoms with Gasteiger partial charge >= 0.3 is 5.97 Å². The Kier molecular flexibility index (Phi) is 4.94. The lowest BCUT2D eigenvalue weighted by Crippen LogP contribution is -2.37. The molecular weight excluding hydrogens is 294 g/mol. The number of methoxy groups -OCH3 is 1. The minimum absolute atomic E-state index is 0.348. The fourth-order valence-electron chi connectivity index (χ4n) is 1.30. The molecule has 1 aromatic rings. The molecule has 0 radical (unpaired) electrons. The van der Waals surface area contributed by atoms with Crippen LogP contribution in [0.25, 0.3) is 0 Å². The number of halogens is 1. The number of esters is 1. The number of hydrogen-bond acceptors (Lipinski definition) is 3.